The number of hydrogen-bond donors (Lipinski definition) is 2. The van der Waals surface area contributed by atoms with Crippen LogP contribution < -0.4 is 15.4 Å². The van der Waals surface area contributed by atoms with Crippen LogP contribution in [-0.4, -0.2) is 32.6 Å². The molecule has 0 radical (unpaired) electrons. The van der Waals surface area contributed by atoms with Crippen LogP contribution in [0.1, 0.15) is 12.0 Å². The summed E-state index contributed by atoms with van der Waals surface area (Å²) < 4.78 is 43.4. The van der Waals surface area contributed by atoms with E-state index in [-0.39, 0.29) is 29.6 Å². The first kappa shape index (κ1) is 18.8. The van der Waals surface area contributed by atoms with Gasteiger partial charge in [0.25, 0.3) is 5.91 Å². The molecule has 9 heteroatoms. The maximum atomic E-state index is 12.9. The molecule has 7 nitrogen and oxygen atoms in total. The summed E-state index contributed by atoms with van der Waals surface area (Å²) in [6.07, 6.45) is -0.256. The molecule has 1 aliphatic rings. The quantitative estimate of drug-likeness (QED) is 0.813. The van der Waals surface area contributed by atoms with Crippen LogP contribution in [0.2, 0.25) is 0 Å². The largest absolute Gasteiger partial charge is 0.482 e. The third kappa shape index (κ3) is 4.43. The summed E-state index contributed by atoms with van der Waals surface area (Å²) in [4.78, 5) is 23.4. The molecule has 142 valence electrons. The number of sulfone groups is 1. The van der Waals surface area contributed by atoms with Gasteiger partial charge in [-0.25, -0.2) is 12.8 Å². The van der Waals surface area contributed by atoms with Gasteiger partial charge in [0, 0.05) is 18.2 Å². The number of fused-ring (bicyclic) bond motifs is 1. The molecule has 0 fully saturated rings. The van der Waals surface area contributed by atoms with E-state index in [1.165, 1.54) is 36.4 Å². The standard InChI is InChI=1S/C18H17FN2O5S/c1-11-8-14-15(26-10-18(23)21-14)9-16(11)27(24,25)7-6-17(22)20-13-4-2-12(19)3-5-13/h2-5,8-9H,6-7,10H2,1H3,(H,20,22)(H,21,23). The summed E-state index contributed by atoms with van der Waals surface area (Å²) >= 11 is 0. The third-order valence-electron chi connectivity index (χ3n) is 3.97. The van der Waals surface area contributed by atoms with E-state index >= 15 is 0 Å². The zero-order chi connectivity index (χ0) is 19.6. The summed E-state index contributed by atoms with van der Waals surface area (Å²) in [7, 11) is -3.75. The molecule has 1 aliphatic heterocycles. The normalized spacial score (nSPS) is 13.3. The average Bonchev–Trinajstić information content (AvgIpc) is 2.61. The van der Waals surface area contributed by atoms with Crippen molar-refractivity contribution in [3.8, 4) is 5.75 Å². The lowest BCUT2D eigenvalue weighted by Gasteiger charge is -2.20. The number of benzene rings is 2. The monoisotopic (exact) mass is 392 g/mol. The topological polar surface area (TPSA) is 102 Å². The molecule has 0 unspecified atom stereocenters. The number of anilines is 2. The first-order chi connectivity index (χ1) is 12.7. The Labute approximate surface area is 155 Å². The zero-order valence-electron chi connectivity index (χ0n) is 14.4. The van der Waals surface area contributed by atoms with Crippen LogP contribution in [0.25, 0.3) is 0 Å². The molecule has 27 heavy (non-hydrogen) atoms. The number of hydrogen-bond acceptors (Lipinski definition) is 5. The van der Waals surface area contributed by atoms with Gasteiger partial charge in [-0.2, -0.15) is 0 Å². The van der Waals surface area contributed by atoms with Gasteiger partial charge in [-0.3, -0.25) is 9.59 Å². The van der Waals surface area contributed by atoms with Crippen molar-refractivity contribution in [2.45, 2.75) is 18.2 Å². The van der Waals surface area contributed by atoms with Crippen LogP contribution in [0.5, 0.6) is 5.75 Å². The molecular formula is C18H17FN2O5S. The Kier molecular flexibility index (Phi) is 5.13. The Balaban J connectivity index is 1.70. The van der Waals surface area contributed by atoms with Crippen molar-refractivity contribution in [2.75, 3.05) is 23.0 Å². The molecule has 0 bridgehead atoms. The Morgan fingerprint density at radius 1 is 1.26 bits per heavy atom. The SMILES string of the molecule is Cc1cc2c(cc1S(=O)(=O)CCC(=O)Nc1ccc(F)cc1)OCC(=O)N2. The number of carbonyl (C=O) groups excluding carboxylic acids is 2. The number of carbonyl (C=O) groups is 2. The van der Waals surface area contributed by atoms with Gasteiger partial charge in [0.15, 0.2) is 16.4 Å². The van der Waals surface area contributed by atoms with E-state index in [0.717, 1.165) is 0 Å². The van der Waals surface area contributed by atoms with Gasteiger partial charge < -0.3 is 15.4 Å². The Hall–Kier alpha value is -2.94. The molecule has 2 aromatic carbocycles. The van der Waals surface area contributed by atoms with Crippen molar-refractivity contribution < 1.29 is 27.1 Å². The van der Waals surface area contributed by atoms with Gasteiger partial charge in [0.2, 0.25) is 5.91 Å². The first-order valence-electron chi connectivity index (χ1n) is 8.10. The Bertz CT molecular complexity index is 1000. The fourth-order valence-corrected chi connectivity index (χ4v) is 4.16. The second kappa shape index (κ2) is 7.36. The van der Waals surface area contributed by atoms with Crippen molar-refractivity contribution in [3.05, 3.63) is 47.8 Å². The van der Waals surface area contributed by atoms with Gasteiger partial charge in [-0.15, -0.1) is 0 Å². The zero-order valence-corrected chi connectivity index (χ0v) is 15.2. The fourth-order valence-electron chi connectivity index (χ4n) is 2.64. The molecule has 0 spiro atoms. The van der Waals surface area contributed by atoms with E-state index in [9.17, 15) is 22.4 Å². The van der Waals surface area contributed by atoms with Gasteiger partial charge in [-0.05, 0) is 42.8 Å². The molecule has 2 aromatic rings. The highest BCUT2D eigenvalue weighted by molar-refractivity contribution is 7.91. The van der Waals surface area contributed by atoms with E-state index in [1.54, 1.807) is 6.92 Å². The molecular weight excluding hydrogens is 375 g/mol. The number of nitrogens with one attached hydrogen (secondary N) is 2. The van der Waals surface area contributed by atoms with Crippen molar-refractivity contribution >= 4 is 33.0 Å². The van der Waals surface area contributed by atoms with Crippen molar-refractivity contribution in [2.24, 2.45) is 0 Å². The molecule has 3 rings (SSSR count). The van der Waals surface area contributed by atoms with Gasteiger partial charge in [-0.1, -0.05) is 0 Å². The summed E-state index contributed by atoms with van der Waals surface area (Å²) in [5.41, 5.74) is 1.24. The molecule has 0 saturated carbocycles. The Morgan fingerprint density at radius 2 is 1.96 bits per heavy atom. The summed E-state index contributed by atoms with van der Waals surface area (Å²) in [5.74, 6) is -1.36. The summed E-state index contributed by atoms with van der Waals surface area (Å²) in [5, 5.41) is 5.13. The molecule has 2 N–H and O–H groups in total. The lowest BCUT2D eigenvalue weighted by Crippen LogP contribution is -2.26. The lowest BCUT2D eigenvalue weighted by atomic mass is 10.2. The van der Waals surface area contributed by atoms with Crippen LogP contribution >= 0.6 is 0 Å². The predicted octanol–water partition coefficient (Wildman–Crippen LogP) is 2.27. The number of halogens is 1. The van der Waals surface area contributed by atoms with E-state index in [1.807, 2.05) is 0 Å². The van der Waals surface area contributed by atoms with Crippen LogP contribution in [0, 0.1) is 12.7 Å². The number of amides is 2. The lowest BCUT2D eigenvalue weighted by molar-refractivity contribution is -0.118. The molecule has 2 amide bonds. The fraction of sp³-hybridized carbons (Fsp3) is 0.222. The molecule has 0 aliphatic carbocycles. The number of rotatable bonds is 5. The minimum Gasteiger partial charge on any atom is -0.482 e. The smallest absolute Gasteiger partial charge is 0.262 e. The van der Waals surface area contributed by atoms with Crippen LogP contribution in [-0.2, 0) is 19.4 Å². The molecule has 0 aromatic heterocycles. The van der Waals surface area contributed by atoms with Crippen LogP contribution in [0.3, 0.4) is 0 Å². The van der Waals surface area contributed by atoms with E-state index in [0.29, 0.717) is 16.9 Å². The molecule has 0 atom stereocenters. The second-order valence-corrected chi connectivity index (χ2v) is 8.15. The third-order valence-corrected chi connectivity index (χ3v) is 5.82. The van der Waals surface area contributed by atoms with Gasteiger partial charge in [0.05, 0.1) is 16.3 Å². The van der Waals surface area contributed by atoms with Gasteiger partial charge in [0.1, 0.15) is 11.6 Å². The Morgan fingerprint density at radius 3 is 2.67 bits per heavy atom. The maximum absolute atomic E-state index is 12.9. The summed E-state index contributed by atoms with van der Waals surface area (Å²) in [6, 6.07) is 8.06. The van der Waals surface area contributed by atoms with Crippen molar-refractivity contribution in [1.29, 1.82) is 0 Å². The second-order valence-electron chi connectivity index (χ2n) is 6.07. The van der Waals surface area contributed by atoms with Gasteiger partial charge >= 0.3 is 0 Å². The minimum absolute atomic E-state index is 0.0481. The minimum atomic E-state index is -3.75. The first-order valence-corrected chi connectivity index (χ1v) is 9.75. The molecule has 0 saturated heterocycles. The van der Waals surface area contributed by atoms with Crippen molar-refractivity contribution in [1.82, 2.24) is 0 Å². The highest BCUT2D eigenvalue weighted by atomic mass is 32.2. The van der Waals surface area contributed by atoms with E-state index in [2.05, 4.69) is 10.6 Å². The van der Waals surface area contributed by atoms with E-state index in [4.69, 9.17) is 4.74 Å². The highest BCUT2D eigenvalue weighted by Crippen LogP contribution is 2.33. The average molecular weight is 392 g/mol. The molecule has 1 heterocycles. The van der Waals surface area contributed by atoms with Crippen LogP contribution in [0.4, 0.5) is 15.8 Å². The predicted molar refractivity (Wildman–Crippen MR) is 97.0 cm³/mol. The highest BCUT2D eigenvalue weighted by Gasteiger charge is 2.24. The number of ether oxygens (including phenoxy) is 1. The maximum Gasteiger partial charge on any atom is 0.262 e. The van der Waals surface area contributed by atoms with Crippen molar-refractivity contribution in [3.63, 3.8) is 0 Å². The van der Waals surface area contributed by atoms with E-state index < -0.39 is 27.3 Å². The van der Waals surface area contributed by atoms with Crippen LogP contribution in [0.15, 0.2) is 41.3 Å². The summed E-state index contributed by atoms with van der Waals surface area (Å²) in [6.45, 7) is 1.42. The number of aryl methyl sites for hydroxylation is 1.